The van der Waals surface area contributed by atoms with Crippen LogP contribution in [0.4, 0.5) is 0 Å². The zero-order valence-electron chi connectivity index (χ0n) is 10.4. The Bertz CT molecular complexity index is 605. The van der Waals surface area contributed by atoms with Crippen LogP contribution < -0.4 is 0 Å². The Morgan fingerprint density at radius 1 is 1.10 bits per heavy atom. The maximum atomic E-state index is 6.33. The second-order valence-electron chi connectivity index (χ2n) is 4.55. The van der Waals surface area contributed by atoms with E-state index in [4.69, 9.17) is 23.2 Å². The van der Waals surface area contributed by atoms with E-state index in [1.807, 2.05) is 36.0 Å². The molecule has 3 rings (SSSR count). The van der Waals surface area contributed by atoms with E-state index in [1.54, 1.807) is 0 Å². The molecule has 6 heteroatoms. The van der Waals surface area contributed by atoms with E-state index in [0.717, 1.165) is 28.0 Å². The van der Waals surface area contributed by atoms with Gasteiger partial charge in [0.1, 0.15) is 16.1 Å². The summed E-state index contributed by atoms with van der Waals surface area (Å²) in [4.78, 5) is 8.90. The van der Waals surface area contributed by atoms with Crippen molar-refractivity contribution in [2.75, 3.05) is 5.75 Å². The molecular weight excluding hydrogens is 379 g/mol. The van der Waals surface area contributed by atoms with Crippen LogP contribution in [-0.4, -0.2) is 15.7 Å². The summed E-state index contributed by atoms with van der Waals surface area (Å²) >= 11 is 17.9. The van der Waals surface area contributed by atoms with Crippen LogP contribution in [0.15, 0.2) is 28.7 Å². The number of rotatable bonds is 2. The van der Waals surface area contributed by atoms with Crippen LogP contribution in [0.25, 0.3) is 11.1 Å². The van der Waals surface area contributed by atoms with E-state index in [9.17, 15) is 0 Å². The lowest BCUT2D eigenvalue weighted by Gasteiger charge is -2.11. The van der Waals surface area contributed by atoms with Crippen molar-refractivity contribution in [3.05, 3.63) is 44.9 Å². The molecule has 0 spiro atoms. The fraction of sp³-hybridized carbons (Fsp3) is 0.286. The Morgan fingerprint density at radius 2 is 1.75 bits per heavy atom. The summed E-state index contributed by atoms with van der Waals surface area (Å²) in [5.41, 5.74) is 1.63. The normalized spacial score (nSPS) is 18.4. The first-order valence-corrected chi connectivity index (χ1v) is 8.85. The molecule has 1 aromatic carbocycles. The molecule has 0 amide bonds. The van der Waals surface area contributed by atoms with Gasteiger partial charge in [0.2, 0.25) is 0 Å². The maximum absolute atomic E-state index is 6.33. The van der Waals surface area contributed by atoms with E-state index < -0.39 is 0 Å². The SMILES string of the molecule is Clc1nc(C2CCCS2)nc(Cl)c1-c1ccc(Br)cc1. The fourth-order valence-electron chi connectivity index (χ4n) is 2.20. The zero-order chi connectivity index (χ0) is 14.1. The number of hydrogen-bond acceptors (Lipinski definition) is 3. The minimum Gasteiger partial charge on any atom is -0.219 e. The molecule has 0 bridgehead atoms. The largest absolute Gasteiger partial charge is 0.219 e. The molecule has 104 valence electrons. The van der Waals surface area contributed by atoms with Crippen molar-refractivity contribution in [2.45, 2.75) is 18.1 Å². The van der Waals surface area contributed by atoms with E-state index >= 15 is 0 Å². The van der Waals surface area contributed by atoms with Gasteiger partial charge in [-0.1, -0.05) is 51.3 Å². The molecule has 0 aliphatic carbocycles. The molecule has 2 heterocycles. The predicted molar refractivity (Wildman–Crippen MR) is 89.6 cm³/mol. The summed E-state index contributed by atoms with van der Waals surface area (Å²) in [7, 11) is 0. The van der Waals surface area contributed by atoms with Crippen LogP contribution >= 0.6 is 50.9 Å². The van der Waals surface area contributed by atoms with Crippen LogP contribution in [0.3, 0.4) is 0 Å². The molecular formula is C14H11BrCl2N2S. The highest BCUT2D eigenvalue weighted by atomic mass is 79.9. The van der Waals surface area contributed by atoms with Gasteiger partial charge in [-0.2, -0.15) is 11.8 Å². The third-order valence-corrected chi connectivity index (χ3v) is 5.64. The number of thioether (sulfide) groups is 1. The first-order valence-electron chi connectivity index (χ1n) is 6.25. The molecule has 1 unspecified atom stereocenters. The Balaban J connectivity index is 2.02. The predicted octanol–water partition coefficient (Wildman–Crippen LogP) is 5.78. The molecule has 1 aromatic heterocycles. The average molecular weight is 390 g/mol. The van der Waals surface area contributed by atoms with E-state index in [0.29, 0.717) is 21.1 Å². The third-order valence-electron chi connectivity index (χ3n) is 3.19. The van der Waals surface area contributed by atoms with Gasteiger partial charge in [0, 0.05) is 4.47 Å². The fourth-order valence-corrected chi connectivity index (χ4v) is 4.29. The van der Waals surface area contributed by atoms with E-state index in [-0.39, 0.29) is 0 Å². The van der Waals surface area contributed by atoms with Crippen molar-refractivity contribution in [1.82, 2.24) is 9.97 Å². The van der Waals surface area contributed by atoms with Crippen LogP contribution in [0.1, 0.15) is 23.9 Å². The molecule has 0 saturated carbocycles. The van der Waals surface area contributed by atoms with Gasteiger partial charge in [-0.05, 0) is 36.3 Å². The Hall–Kier alpha value is -0.290. The number of halogens is 3. The molecule has 20 heavy (non-hydrogen) atoms. The number of aromatic nitrogens is 2. The lowest BCUT2D eigenvalue weighted by molar-refractivity contribution is 0.777. The highest BCUT2D eigenvalue weighted by molar-refractivity contribution is 9.10. The van der Waals surface area contributed by atoms with Gasteiger partial charge in [0.25, 0.3) is 0 Å². The Kier molecular flexibility index (Phi) is 4.55. The van der Waals surface area contributed by atoms with Crippen LogP contribution in [0.5, 0.6) is 0 Å². The summed E-state index contributed by atoms with van der Waals surface area (Å²) in [6.07, 6.45) is 2.29. The lowest BCUT2D eigenvalue weighted by atomic mass is 10.1. The second-order valence-corrected chi connectivity index (χ2v) is 7.49. The van der Waals surface area contributed by atoms with Crippen molar-refractivity contribution in [2.24, 2.45) is 0 Å². The van der Waals surface area contributed by atoms with Gasteiger partial charge in [-0.3, -0.25) is 0 Å². The quantitative estimate of drug-likeness (QED) is 0.608. The third kappa shape index (κ3) is 2.98. The highest BCUT2D eigenvalue weighted by Crippen LogP contribution is 2.41. The van der Waals surface area contributed by atoms with Crippen LogP contribution in [0.2, 0.25) is 10.3 Å². The van der Waals surface area contributed by atoms with Gasteiger partial charge >= 0.3 is 0 Å². The minimum absolute atomic E-state index is 0.323. The molecule has 1 saturated heterocycles. The summed E-state index contributed by atoms with van der Waals surface area (Å²) in [5.74, 6) is 1.90. The molecule has 1 atom stereocenters. The molecule has 1 aliphatic rings. The Morgan fingerprint density at radius 3 is 2.30 bits per heavy atom. The number of benzene rings is 1. The maximum Gasteiger partial charge on any atom is 0.144 e. The molecule has 2 nitrogen and oxygen atoms in total. The first kappa shape index (κ1) is 14.6. The Labute approximate surface area is 140 Å². The highest BCUT2D eigenvalue weighted by Gasteiger charge is 2.23. The smallest absolute Gasteiger partial charge is 0.144 e. The van der Waals surface area contributed by atoms with Gasteiger partial charge in [-0.25, -0.2) is 9.97 Å². The van der Waals surface area contributed by atoms with Gasteiger partial charge < -0.3 is 0 Å². The molecule has 0 radical (unpaired) electrons. The lowest BCUT2D eigenvalue weighted by Crippen LogP contribution is -2.01. The van der Waals surface area contributed by atoms with Crippen molar-refractivity contribution in [3.8, 4) is 11.1 Å². The van der Waals surface area contributed by atoms with E-state index in [2.05, 4.69) is 25.9 Å². The van der Waals surface area contributed by atoms with Gasteiger partial charge in [0.05, 0.1) is 10.8 Å². The summed E-state index contributed by atoms with van der Waals surface area (Å²) in [6, 6.07) is 7.79. The van der Waals surface area contributed by atoms with Crippen molar-refractivity contribution < 1.29 is 0 Å². The zero-order valence-corrected chi connectivity index (χ0v) is 14.4. The molecule has 1 aliphatic heterocycles. The molecule has 0 N–H and O–H groups in total. The summed E-state index contributed by atoms with van der Waals surface area (Å²) in [6.45, 7) is 0. The standard InChI is InChI=1S/C14H11BrCl2N2S/c15-9-5-3-8(4-6-9)11-12(16)18-14(19-13(11)17)10-2-1-7-20-10/h3-6,10H,1-2,7H2. The molecule has 2 aromatic rings. The monoisotopic (exact) mass is 388 g/mol. The summed E-state index contributed by atoms with van der Waals surface area (Å²) < 4.78 is 1.01. The van der Waals surface area contributed by atoms with Crippen molar-refractivity contribution in [3.63, 3.8) is 0 Å². The number of hydrogen-bond donors (Lipinski definition) is 0. The van der Waals surface area contributed by atoms with Crippen molar-refractivity contribution in [1.29, 1.82) is 0 Å². The van der Waals surface area contributed by atoms with E-state index in [1.165, 1.54) is 6.42 Å². The number of nitrogens with zero attached hydrogens (tertiary/aromatic N) is 2. The minimum atomic E-state index is 0.323. The van der Waals surface area contributed by atoms with Crippen molar-refractivity contribution >= 4 is 50.9 Å². The van der Waals surface area contributed by atoms with Crippen LogP contribution in [0, 0.1) is 0 Å². The average Bonchev–Trinajstić information content (AvgIpc) is 2.94. The first-order chi connectivity index (χ1) is 9.65. The second kappa shape index (κ2) is 6.22. The molecule has 1 fully saturated rings. The summed E-state index contributed by atoms with van der Waals surface area (Å²) in [5, 5.41) is 1.17. The van der Waals surface area contributed by atoms with Crippen LogP contribution in [-0.2, 0) is 0 Å². The van der Waals surface area contributed by atoms with Gasteiger partial charge in [0.15, 0.2) is 0 Å². The van der Waals surface area contributed by atoms with Gasteiger partial charge in [-0.15, -0.1) is 0 Å². The topological polar surface area (TPSA) is 25.8 Å².